The third-order valence-electron chi connectivity index (χ3n) is 4.87. The number of carbonyl (C=O) groups excluding carboxylic acids is 2. The Morgan fingerprint density at radius 1 is 1.29 bits per heavy atom. The zero-order valence-corrected chi connectivity index (χ0v) is 13.0. The van der Waals surface area contributed by atoms with Gasteiger partial charge in [0.2, 0.25) is 11.8 Å². The van der Waals surface area contributed by atoms with Crippen LogP contribution in [0.25, 0.3) is 0 Å². The molecule has 1 saturated carbocycles. The zero-order valence-electron chi connectivity index (χ0n) is 13.0. The van der Waals surface area contributed by atoms with Crippen LogP contribution in [0.3, 0.4) is 0 Å². The van der Waals surface area contributed by atoms with Crippen molar-refractivity contribution in [2.75, 3.05) is 33.7 Å². The second kappa shape index (κ2) is 7.22. The molecule has 2 aliphatic rings. The number of hydrogen-bond acceptors (Lipinski definition) is 4. The van der Waals surface area contributed by atoms with Gasteiger partial charge in [0.1, 0.15) is 0 Å². The number of likely N-dealkylation sites (tertiary alicyclic amines) is 1. The summed E-state index contributed by atoms with van der Waals surface area (Å²) in [7, 11) is 3.49. The Morgan fingerprint density at radius 3 is 2.48 bits per heavy atom. The SMILES string of the molecule is CNC(=O)C1CC(N(C)C(=O)CCN2CCC(O)CC2)C1. The molecule has 0 aromatic carbocycles. The molecule has 2 rings (SSSR count). The van der Waals surface area contributed by atoms with Gasteiger partial charge in [0.05, 0.1) is 6.10 Å². The van der Waals surface area contributed by atoms with Gasteiger partial charge in [0, 0.05) is 52.1 Å². The van der Waals surface area contributed by atoms with Gasteiger partial charge < -0.3 is 20.2 Å². The second-order valence-corrected chi connectivity index (χ2v) is 6.26. The Bertz CT molecular complexity index is 374. The highest BCUT2D eigenvalue weighted by molar-refractivity contribution is 5.80. The summed E-state index contributed by atoms with van der Waals surface area (Å²) in [5, 5.41) is 12.1. The van der Waals surface area contributed by atoms with Crippen LogP contribution in [0.4, 0.5) is 0 Å². The monoisotopic (exact) mass is 297 g/mol. The lowest BCUT2D eigenvalue weighted by atomic mass is 9.78. The quantitative estimate of drug-likeness (QED) is 0.738. The molecule has 0 bridgehead atoms. The van der Waals surface area contributed by atoms with Crippen molar-refractivity contribution >= 4 is 11.8 Å². The summed E-state index contributed by atoms with van der Waals surface area (Å²) in [4.78, 5) is 27.7. The number of aliphatic hydroxyl groups is 1. The predicted molar refractivity (Wildman–Crippen MR) is 79.6 cm³/mol. The lowest BCUT2D eigenvalue weighted by Gasteiger charge is -2.40. The molecule has 1 aliphatic carbocycles. The summed E-state index contributed by atoms with van der Waals surface area (Å²) in [6.07, 6.45) is 3.51. The van der Waals surface area contributed by atoms with Crippen molar-refractivity contribution in [2.24, 2.45) is 5.92 Å². The minimum Gasteiger partial charge on any atom is -0.393 e. The van der Waals surface area contributed by atoms with Gasteiger partial charge in [-0.2, -0.15) is 0 Å². The molecule has 1 saturated heterocycles. The maximum Gasteiger partial charge on any atom is 0.223 e. The average Bonchev–Trinajstić information content (AvgIpc) is 2.44. The van der Waals surface area contributed by atoms with E-state index >= 15 is 0 Å². The van der Waals surface area contributed by atoms with Crippen molar-refractivity contribution in [1.29, 1.82) is 0 Å². The molecule has 120 valence electrons. The number of rotatable bonds is 5. The van der Waals surface area contributed by atoms with Crippen LogP contribution in [0.1, 0.15) is 32.1 Å². The summed E-state index contributed by atoms with van der Waals surface area (Å²) >= 11 is 0. The molecular weight excluding hydrogens is 270 g/mol. The molecule has 1 aliphatic heterocycles. The molecule has 2 amide bonds. The first-order chi connectivity index (χ1) is 10.0. The van der Waals surface area contributed by atoms with Crippen LogP contribution in [0, 0.1) is 5.92 Å². The van der Waals surface area contributed by atoms with Crippen LogP contribution in [-0.4, -0.2) is 72.6 Å². The molecule has 2 N–H and O–H groups in total. The van der Waals surface area contributed by atoms with E-state index in [-0.39, 0.29) is 29.9 Å². The number of carbonyl (C=O) groups is 2. The fraction of sp³-hybridized carbons (Fsp3) is 0.867. The Hall–Kier alpha value is -1.14. The predicted octanol–water partition coefficient (Wildman–Crippen LogP) is -0.184. The molecule has 1 heterocycles. The van der Waals surface area contributed by atoms with Gasteiger partial charge in [-0.15, -0.1) is 0 Å². The van der Waals surface area contributed by atoms with Crippen molar-refractivity contribution < 1.29 is 14.7 Å². The number of aliphatic hydroxyl groups excluding tert-OH is 1. The van der Waals surface area contributed by atoms with Crippen LogP contribution in [0.5, 0.6) is 0 Å². The number of hydrogen-bond donors (Lipinski definition) is 2. The van der Waals surface area contributed by atoms with Crippen LogP contribution in [0.15, 0.2) is 0 Å². The summed E-state index contributed by atoms with van der Waals surface area (Å²) in [5.74, 6) is 0.305. The van der Waals surface area contributed by atoms with E-state index in [9.17, 15) is 14.7 Å². The van der Waals surface area contributed by atoms with E-state index in [2.05, 4.69) is 10.2 Å². The van der Waals surface area contributed by atoms with E-state index in [1.165, 1.54) is 0 Å². The lowest BCUT2D eigenvalue weighted by molar-refractivity contribution is -0.139. The van der Waals surface area contributed by atoms with Gasteiger partial charge in [-0.25, -0.2) is 0 Å². The highest BCUT2D eigenvalue weighted by Gasteiger charge is 2.37. The topological polar surface area (TPSA) is 72.9 Å². The van der Waals surface area contributed by atoms with Crippen molar-refractivity contribution in [3.63, 3.8) is 0 Å². The molecule has 0 radical (unpaired) electrons. The van der Waals surface area contributed by atoms with Crippen molar-refractivity contribution in [2.45, 2.75) is 44.2 Å². The Kier molecular flexibility index (Phi) is 5.58. The van der Waals surface area contributed by atoms with Crippen LogP contribution >= 0.6 is 0 Å². The fourth-order valence-corrected chi connectivity index (χ4v) is 3.10. The molecule has 2 fully saturated rings. The van der Waals surface area contributed by atoms with E-state index in [1.54, 1.807) is 11.9 Å². The summed E-state index contributed by atoms with van der Waals surface area (Å²) in [5.41, 5.74) is 0. The van der Waals surface area contributed by atoms with E-state index in [0.29, 0.717) is 6.42 Å². The molecule has 6 nitrogen and oxygen atoms in total. The summed E-state index contributed by atoms with van der Waals surface area (Å²) in [6, 6.07) is 0.211. The highest BCUT2D eigenvalue weighted by atomic mass is 16.3. The van der Waals surface area contributed by atoms with Gasteiger partial charge in [-0.1, -0.05) is 0 Å². The zero-order chi connectivity index (χ0) is 15.4. The van der Waals surface area contributed by atoms with Gasteiger partial charge in [0.15, 0.2) is 0 Å². The Morgan fingerprint density at radius 2 is 1.90 bits per heavy atom. The third-order valence-corrected chi connectivity index (χ3v) is 4.87. The van der Waals surface area contributed by atoms with Crippen LogP contribution in [0.2, 0.25) is 0 Å². The molecule has 0 aromatic heterocycles. The molecule has 0 aromatic rings. The number of nitrogens with one attached hydrogen (secondary N) is 1. The number of nitrogens with zero attached hydrogens (tertiary/aromatic N) is 2. The molecule has 6 heteroatoms. The van der Waals surface area contributed by atoms with Crippen LogP contribution < -0.4 is 5.32 Å². The normalized spacial score (nSPS) is 27.0. The maximum absolute atomic E-state index is 12.2. The third kappa shape index (κ3) is 4.17. The van der Waals surface area contributed by atoms with Gasteiger partial charge >= 0.3 is 0 Å². The Labute approximate surface area is 126 Å². The smallest absolute Gasteiger partial charge is 0.223 e. The minimum absolute atomic E-state index is 0.0684. The first-order valence-corrected chi connectivity index (χ1v) is 7.89. The standard InChI is InChI=1S/C15H27N3O3/c1-16-15(21)11-9-12(10-11)17(2)14(20)5-8-18-6-3-13(19)4-7-18/h11-13,19H,3-10H2,1-2H3,(H,16,21). The largest absolute Gasteiger partial charge is 0.393 e. The molecule has 0 unspecified atom stereocenters. The average molecular weight is 297 g/mol. The first kappa shape index (κ1) is 16.2. The van der Waals surface area contributed by atoms with E-state index in [1.807, 2.05) is 7.05 Å². The number of piperidine rings is 1. The Balaban J connectivity index is 1.66. The molecule has 0 spiro atoms. The van der Waals surface area contributed by atoms with Crippen molar-refractivity contribution in [3.8, 4) is 0 Å². The summed E-state index contributed by atoms with van der Waals surface area (Å²) in [6.45, 7) is 2.52. The van der Waals surface area contributed by atoms with Gasteiger partial charge in [-0.3, -0.25) is 9.59 Å². The van der Waals surface area contributed by atoms with Crippen LogP contribution in [-0.2, 0) is 9.59 Å². The van der Waals surface area contributed by atoms with Crippen molar-refractivity contribution in [3.05, 3.63) is 0 Å². The molecule has 21 heavy (non-hydrogen) atoms. The van der Waals surface area contributed by atoms with Crippen molar-refractivity contribution in [1.82, 2.24) is 15.1 Å². The van der Waals surface area contributed by atoms with E-state index in [4.69, 9.17) is 0 Å². The minimum atomic E-state index is -0.170. The maximum atomic E-state index is 12.2. The van der Waals surface area contributed by atoms with E-state index < -0.39 is 0 Å². The lowest BCUT2D eigenvalue weighted by Crippen LogP contribution is -2.50. The van der Waals surface area contributed by atoms with Gasteiger partial charge in [-0.05, 0) is 25.7 Å². The first-order valence-electron chi connectivity index (χ1n) is 7.89. The van der Waals surface area contributed by atoms with E-state index in [0.717, 1.165) is 45.3 Å². The van der Waals surface area contributed by atoms with Gasteiger partial charge in [0.25, 0.3) is 0 Å². The molecule has 0 atom stereocenters. The second-order valence-electron chi connectivity index (χ2n) is 6.26. The molecular formula is C15H27N3O3. The fourth-order valence-electron chi connectivity index (χ4n) is 3.10. The highest BCUT2D eigenvalue weighted by Crippen LogP contribution is 2.31. The number of amides is 2. The summed E-state index contributed by atoms with van der Waals surface area (Å²) < 4.78 is 0.